The number of nitrogens with one attached hydrogen (secondary N) is 2. The molecule has 0 unspecified atom stereocenters. The molecule has 4 aromatic rings. The molecule has 14 heteroatoms. The van der Waals surface area contributed by atoms with Crippen LogP contribution in [0.15, 0.2) is 54.7 Å². The molecule has 0 radical (unpaired) electrons. The minimum atomic E-state index is -1.20. The molecule has 1 amide bonds. The van der Waals surface area contributed by atoms with Gasteiger partial charge in [-0.2, -0.15) is 9.97 Å². The summed E-state index contributed by atoms with van der Waals surface area (Å²) in [7, 11) is 0. The van der Waals surface area contributed by atoms with Crippen LogP contribution < -0.4 is 22.1 Å². The Bertz CT molecular complexity index is 1640. The summed E-state index contributed by atoms with van der Waals surface area (Å²) in [5, 5.41) is 24.5. The molecular weight excluding hydrogens is 544 g/mol. The average Bonchev–Trinajstić information content (AvgIpc) is 2.97. The van der Waals surface area contributed by atoms with Crippen molar-refractivity contribution in [3.8, 4) is 0 Å². The number of anilines is 3. The van der Waals surface area contributed by atoms with Crippen molar-refractivity contribution >= 4 is 52.2 Å². The number of carbonyl (C=O) groups is 4. The van der Waals surface area contributed by atoms with Crippen molar-refractivity contribution in [3.05, 3.63) is 77.1 Å². The Balaban J connectivity index is 1.27. The van der Waals surface area contributed by atoms with Gasteiger partial charge < -0.3 is 32.3 Å². The van der Waals surface area contributed by atoms with Gasteiger partial charge in [-0.25, -0.2) is 19.6 Å². The molecule has 14 nitrogen and oxygen atoms in total. The highest BCUT2D eigenvalue weighted by Crippen LogP contribution is 2.17. The van der Waals surface area contributed by atoms with Crippen LogP contribution in [0.2, 0.25) is 0 Å². The van der Waals surface area contributed by atoms with Crippen molar-refractivity contribution in [1.29, 1.82) is 0 Å². The first kappa shape index (κ1) is 29.3. The van der Waals surface area contributed by atoms with Gasteiger partial charge in [0.15, 0.2) is 22.8 Å². The largest absolute Gasteiger partial charge is 0.480 e. The molecule has 0 aliphatic rings. The third kappa shape index (κ3) is 7.29. The van der Waals surface area contributed by atoms with Crippen LogP contribution in [-0.4, -0.2) is 59.8 Å². The lowest BCUT2D eigenvalue weighted by molar-refractivity contribution is -0.139. The van der Waals surface area contributed by atoms with E-state index in [0.717, 1.165) is 0 Å². The van der Waals surface area contributed by atoms with Crippen LogP contribution in [0.25, 0.3) is 11.2 Å². The number of nitrogens with two attached hydrogens (primary N) is 2. The maximum absolute atomic E-state index is 12.7. The Morgan fingerprint density at radius 2 is 1.60 bits per heavy atom. The van der Waals surface area contributed by atoms with E-state index in [0.29, 0.717) is 36.3 Å². The zero-order chi connectivity index (χ0) is 30.2. The summed E-state index contributed by atoms with van der Waals surface area (Å²) in [5.41, 5.74) is 13.6. The summed E-state index contributed by atoms with van der Waals surface area (Å²) in [6.07, 6.45) is 2.36. The number of benzene rings is 2. The minimum Gasteiger partial charge on any atom is -0.480 e. The molecule has 0 aliphatic carbocycles. The second-order valence-corrected chi connectivity index (χ2v) is 9.32. The predicted octanol–water partition coefficient (Wildman–Crippen LogP) is 2.52. The van der Waals surface area contributed by atoms with Crippen molar-refractivity contribution in [3.63, 3.8) is 0 Å². The molecule has 2 aromatic heterocycles. The summed E-state index contributed by atoms with van der Waals surface area (Å²) >= 11 is 0. The number of nitrogen functional groups attached to an aromatic ring is 2. The van der Waals surface area contributed by atoms with Gasteiger partial charge in [0.2, 0.25) is 5.95 Å². The van der Waals surface area contributed by atoms with E-state index in [4.69, 9.17) is 11.5 Å². The van der Waals surface area contributed by atoms with Crippen molar-refractivity contribution in [2.75, 3.05) is 16.8 Å². The predicted molar refractivity (Wildman–Crippen MR) is 153 cm³/mol. The number of carboxylic acid groups (broad SMARTS) is 2. The van der Waals surface area contributed by atoms with Gasteiger partial charge in [-0.3, -0.25) is 9.59 Å². The number of carboxylic acids is 2. The maximum atomic E-state index is 12.7. The van der Waals surface area contributed by atoms with E-state index in [1.54, 1.807) is 30.3 Å². The molecule has 216 valence electrons. The number of ketones is 1. The average molecular weight is 573 g/mol. The summed E-state index contributed by atoms with van der Waals surface area (Å²) in [5.74, 6) is -3.16. The second kappa shape index (κ2) is 13.1. The highest BCUT2D eigenvalue weighted by atomic mass is 16.4. The number of aromatic nitrogens is 4. The lowest BCUT2D eigenvalue weighted by atomic mass is 9.98. The molecule has 2 heterocycles. The zero-order valence-electron chi connectivity index (χ0n) is 22.3. The number of nitrogens with zero attached hydrogens (tertiary/aromatic N) is 4. The van der Waals surface area contributed by atoms with Crippen molar-refractivity contribution in [2.24, 2.45) is 0 Å². The van der Waals surface area contributed by atoms with Crippen LogP contribution in [0, 0.1) is 0 Å². The fourth-order valence-corrected chi connectivity index (χ4v) is 4.18. The Morgan fingerprint density at radius 3 is 2.29 bits per heavy atom. The Labute approximate surface area is 239 Å². The van der Waals surface area contributed by atoms with E-state index in [-0.39, 0.29) is 52.7 Å². The molecule has 1 atom stereocenters. The number of carbonyl (C=O) groups excluding carboxylic acids is 2. The molecule has 0 saturated carbocycles. The summed E-state index contributed by atoms with van der Waals surface area (Å²) in [6, 6.07) is 11.2. The molecule has 8 N–H and O–H groups in total. The van der Waals surface area contributed by atoms with E-state index >= 15 is 0 Å². The van der Waals surface area contributed by atoms with Crippen molar-refractivity contribution in [1.82, 2.24) is 25.3 Å². The lowest BCUT2D eigenvalue weighted by Gasteiger charge is -2.15. The molecule has 0 saturated heterocycles. The van der Waals surface area contributed by atoms with Gasteiger partial charge in [0.25, 0.3) is 5.91 Å². The van der Waals surface area contributed by atoms with Crippen LogP contribution in [-0.2, 0) is 11.3 Å². The van der Waals surface area contributed by atoms with Gasteiger partial charge in [0.1, 0.15) is 6.04 Å². The number of unbranched alkanes of at least 4 members (excludes halogenated alkanes) is 1. The topological polar surface area (TPSA) is 236 Å². The van der Waals surface area contributed by atoms with Gasteiger partial charge in [0, 0.05) is 23.2 Å². The molecule has 0 aliphatic heterocycles. The van der Waals surface area contributed by atoms with E-state index in [2.05, 4.69) is 30.6 Å². The standard InChI is InChI=1S/C28H28N8O6/c29-23-22-24(36-28(30)35-23)32-14-17(33-22)13-31-16-11-9-15(10-12-16)25(38)34-20(27(41)42)7-3-4-8-21(37)18-5-1-2-6-19(18)26(39)40/h1-2,5-6,9-12,14,20,31H,3-4,7-8,13H2,(H,34,38)(H,39,40)(H,41,42)(H4,29,30,32,35,36)/t20-/m0/s1. The quantitative estimate of drug-likeness (QED) is 0.0998. The van der Waals surface area contributed by atoms with Crippen LogP contribution in [0.1, 0.15) is 62.5 Å². The van der Waals surface area contributed by atoms with Crippen LogP contribution >= 0.6 is 0 Å². The number of rotatable bonds is 13. The lowest BCUT2D eigenvalue weighted by Crippen LogP contribution is -2.40. The summed E-state index contributed by atoms with van der Waals surface area (Å²) < 4.78 is 0. The summed E-state index contributed by atoms with van der Waals surface area (Å²) in [4.78, 5) is 64.7. The van der Waals surface area contributed by atoms with Gasteiger partial charge in [-0.15, -0.1) is 0 Å². The van der Waals surface area contributed by atoms with Crippen molar-refractivity contribution in [2.45, 2.75) is 38.3 Å². The first-order valence-corrected chi connectivity index (χ1v) is 12.9. The van der Waals surface area contributed by atoms with Crippen molar-refractivity contribution < 1.29 is 29.4 Å². The first-order valence-electron chi connectivity index (χ1n) is 12.9. The van der Waals surface area contributed by atoms with Crippen LogP contribution in [0.3, 0.4) is 0 Å². The number of aliphatic carboxylic acids is 1. The van der Waals surface area contributed by atoms with Crippen LogP contribution in [0.4, 0.5) is 17.5 Å². The third-order valence-electron chi connectivity index (χ3n) is 6.33. The smallest absolute Gasteiger partial charge is 0.336 e. The Morgan fingerprint density at radius 1 is 0.881 bits per heavy atom. The monoisotopic (exact) mass is 572 g/mol. The van der Waals surface area contributed by atoms with E-state index in [9.17, 15) is 29.4 Å². The summed E-state index contributed by atoms with van der Waals surface area (Å²) in [6.45, 7) is 0.295. The molecule has 4 rings (SSSR count). The second-order valence-electron chi connectivity index (χ2n) is 9.32. The number of hydrogen-bond donors (Lipinski definition) is 6. The number of fused-ring (bicyclic) bond motifs is 1. The van der Waals surface area contributed by atoms with Crippen LogP contribution in [0.5, 0.6) is 0 Å². The van der Waals surface area contributed by atoms with Gasteiger partial charge in [-0.05, 0) is 43.2 Å². The van der Waals surface area contributed by atoms with Gasteiger partial charge in [0.05, 0.1) is 24.0 Å². The number of amides is 1. The molecule has 0 fully saturated rings. The first-order chi connectivity index (χ1) is 20.1. The van der Waals surface area contributed by atoms with Gasteiger partial charge >= 0.3 is 11.9 Å². The maximum Gasteiger partial charge on any atom is 0.336 e. The normalized spacial score (nSPS) is 11.5. The SMILES string of the molecule is Nc1nc(N)c2nc(CNc3ccc(C(=O)N[C@@H](CCCCC(=O)c4ccccc4C(=O)O)C(=O)O)cc3)cnc2n1. The Kier molecular flexibility index (Phi) is 9.17. The zero-order valence-corrected chi connectivity index (χ0v) is 22.3. The molecule has 2 aromatic carbocycles. The number of aromatic carboxylic acids is 1. The molecule has 0 bridgehead atoms. The number of hydrogen-bond acceptors (Lipinski definition) is 11. The van der Waals surface area contributed by atoms with Gasteiger partial charge in [-0.1, -0.05) is 24.6 Å². The molecule has 42 heavy (non-hydrogen) atoms. The molecular formula is C28H28N8O6. The van der Waals surface area contributed by atoms with E-state index in [1.165, 1.54) is 24.4 Å². The third-order valence-corrected chi connectivity index (χ3v) is 6.33. The number of Topliss-reactive ketones (excluding diaryl/α,β-unsaturated/α-hetero) is 1. The highest BCUT2D eigenvalue weighted by Gasteiger charge is 2.21. The highest BCUT2D eigenvalue weighted by molar-refractivity contribution is 6.05. The Hall–Kier alpha value is -5.66. The fraction of sp³-hybridized carbons (Fsp3) is 0.214. The minimum absolute atomic E-state index is 0.00641. The van der Waals surface area contributed by atoms with E-state index in [1.807, 2.05) is 0 Å². The fourth-order valence-electron chi connectivity index (χ4n) is 4.18. The molecule has 0 spiro atoms. The van der Waals surface area contributed by atoms with E-state index < -0.39 is 23.9 Å².